The third kappa shape index (κ3) is 1.11. The van der Waals surface area contributed by atoms with E-state index >= 15 is 0 Å². The van der Waals surface area contributed by atoms with Gasteiger partial charge in [0.05, 0.1) is 18.8 Å². The number of fused-ring (bicyclic) bond motifs is 3. The summed E-state index contributed by atoms with van der Waals surface area (Å²) in [6.45, 7) is 0.579. The zero-order valence-electron chi connectivity index (χ0n) is 7.29. The Morgan fingerprint density at radius 3 is 3.43 bits per heavy atom. The monoisotopic (exact) mass is 208 g/mol. The Morgan fingerprint density at radius 1 is 1.57 bits per heavy atom. The van der Waals surface area contributed by atoms with E-state index in [1.54, 1.807) is 18.0 Å². The van der Waals surface area contributed by atoms with Gasteiger partial charge in [-0.2, -0.15) is 0 Å². The Morgan fingerprint density at radius 2 is 2.50 bits per heavy atom. The summed E-state index contributed by atoms with van der Waals surface area (Å²) in [5.41, 5.74) is 1.60. The van der Waals surface area contributed by atoms with E-state index < -0.39 is 0 Å². The SMILES string of the molecule is OC1CSc2nc3cncnc3n2C1. The normalized spacial score (nSPS) is 21.1. The lowest BCUT2D eigenvalue weighted by Crippen LogP contribution is -2.23. The van der Waals surface area contributed by atoms with E-state index in [0.29, 0.717) is 12.3 Å². The summed E-state index contributed by atoms with van der Waals surface area (Å²) in [7, 11) is 0. The molecule has 0 fully saturated rings. The van der Waals surface area contributed by atoms with Gasteiger partial charge < -0.3 is 9.67 Å². The molecule has 1 aliphatic rings. The summed E-state index contributed by atoms with van der Waals surface area (Å²) in [5.74, 6) is 0.705. The van der Waals surface area contributed by atoms with Crippen LogP contribution < -0.4 is 0 Å². The Labute approximate surface area is 84.2 Å². The smallest absolute Gasteiger partial charge is 0.170 e. The standard InChI is InChI=1S/C8H8N4OS/c13-5-2-12-7-6(1-9-4-10-7)11-8(12)14-3-5/h1,4-5,13H,2-3H2. The number of hydrogen-bond acceptors (Lipinski definition) is 5. The third-order valence-corrected chi connectivity index (χ3v) is 3.29. The Balaban J connectivity index is 2.25. The molecule has 0 aliphatic carbocycles. The second kappa shape index (κ2) is 2.93. The summed E-state index contributed by atoms with van der Waals surface area (Å²) in [4.78, 5) is 12.4. The van der Waals surface area contributed by atoms with E-state index in [1.165, 1.54) is 6.33 Å². The average molecular weight is 208 g/mol. The van der Waals surface area contributed by atoms with Crippen LogP contribution in [0.4, 0.5) is 0 Å². The molecule has 2 aromatic heterocycles. The molecule has 0 saturated carbocycles. The van der Waals surface area contributed by atoms with Gasteiger partial charge >= 0.3 is 0 Å². The molecule has 0 aromatic carbocycles. The highest BCUT2D eigenvalue weighted by Gasteiger charge is 2.21. The predicted octanol–water partition coefficient (Wildman–Crippen LogP) is 0.293. The first-order valence-electron chi connectivity index (χ1n) is 4.32. The molecule has 0 amide bonds. The molecule has 0 saturated heterocycles. The van der Waals surface area contributed by atoms with Crippen molar-refractivity contribution in [2.24, 2.45) is 0 Å². The van der Waals surface area contributed by atoms with Crippen LogP contribution in [-0.2, 0) is 6.54 Å². The minimum atomic E-state index is -0.306. The van der Waals surface area contributed by atoms with Gasteiger partial charge in [0.25, 0.3) is 0 Å². The first kappa shape index (κ1) is 8.19. The maximum absolute atomic E-state index is 9.52. The lowest BCUT2D eigenvalue weighted by atomic mass is 10.4. The van der Waals surface area contributed by atoms with Crippen LogP contribution in [0.25, 0.3) is 11.2 Å². The Kier molecular flexibility index (Phi) is 1.71. The quantitative estimate of drug-likeness (QED) is 0.674. The van der Waals surface area contributed by atoms with Gasteiger partial charge in [0.2, 0.25) is 0 Å². The van der Waals surface area contributed by atoms with Crippen molar-refractivity contribution in [3.8, 4) is 0 Å². The van der Waals surface area contributed by atoms with Gasteiger partial charge in [0, 0.05) is 5.75 Å². The molecule has 6 heteroatoms. The van der Waals surface area contributed by atoms with Crippen molar-refractivity contribution in [3.05, 3.63) is 12.5 Å². The fourth-order valence-corrected chi connectivity index (χ4v) is 2.49. The van der Waals surface area contributed by atoms with E-state index in [2.05, 4.69) is 15.0 Å². The fraction of sp³-hybridized carbons (Fsp3) is 0.375. The molecule has 0 bridgehead atoms. The third-order valence-electron chi connectivity index (χ3n) is 2.17. The predicted molar refractivity (Wildman–Crippen MR) is 52.1 cm³/mol. The van der Waals surface area contributed by atoms with Crippen LogP contribution in [0, 0.1) is 0 Å². The Hall–Kier alpha value is -1.14. The highest BCUT2D eigenvalue weighted by atomic mass is 32.2. The lowest BCUT2D eigenvalue weighted by Gasteiger charge is -2.18. The maximum Gasteiger partial charge on any atom is 0.170 e. The molecule has 1 unspecified atom stereocenters. The molecule has 72 valence electrons. The highest BCUT2D eigenvalue weighted by Crippen LogP contribution is 2.27. The van der Waals surface area contributed by atoms with Crippen LogP contribution in [0.1, 0.15) is 0 Å². The first-order valence-corrected chi connectivity index (χ1v) is 5.30. The van der Waals surface area contributed by atoms with E-state index in [9.17, 15) is 5.11 Å². The zero-order chi connectivity index (χ0) is 9.54. The number of imidazole rings is 1. The molecule has 5 nitrogen and oxygen atoms in total. The number of nitrogens with zero attached hydrogens (tertiary/aromatic N) is 4. The second-order valence-electron chi connectivity index (χ2n) is 3.20. The molecule has 14 heavy (non-hydrogen) atoms. The van der Waals surface area contributed by atoms with Gasteiger partial charge in [0.15, 0.2) is 10.8 Å². The first-order chi connectivity index (χ1) is 6.84. The number of rotatable bonds is 0. The van der Waals surface area contributed by atoms with Crippen molar-refractivity contribution in [1.29, 1.82) is 0 Å². The Bertz CT molecular complexity index is 483. The molecule has 3 heterocycles. The highest BCUT2D eigenvalue weighted by molar-refractivity contribution is 7.99. The van der Waals surface area contributed by atoms with E-state index in [0.717, 1.165) is 16.3 Å². The largest absolute Gasteiger partial charge is 0.390 e. The summed E-state index contributed by atoms with van der Waals surface area (Å²) in [6.07, 6.45) is 2.89. The van der Waals surface area contributed by atoms with Gasteiger partial charge in [-0.05, 0) is 0 Å². The van der Waals surface area contributed by atoms with Crippen molar-refractivity contribution in [2.75, 3.05) is 5.75 Å². The number of hydrogen-bond donors (Lipinski definition) is 1. The molecule has 0 spiro atoms. The minimum Gasteiger partial charge on any atom is -0.390 e. The molecular weight excluding hydrogens is 200 g/mol. The van der Waals surface area contributed by atoms with Gasteiger partial charge in [-0.3, -0.25) is 0 Å². The van der Waals surface area contributed by atoms with Crippen LogP contribution in [0.15, 0.2) is 17.7 Å². The minimum absolute atomic E-state index is 0.306. The number of thioether (sulfide) groups is 1. The maximum atomic E-state index is 9.52. The van der Waals surface area contributed by atoms with Crippen LogP contribution in [0.5, 0.6) is 0 Å². The topological polar surface area (TPSA) is 63.8 Å². The summed E-state index contributed by atoms with van der Waals surface area (Å²) < 4.78 is 1.94. The molecule has 1 N–H and O–H groups in total. The summed E-state index contributed by atoms with van der Waals surface area (Å²) in [6, 6.07) is 0. The fourth-order valence-electron chi connectivity index (χ4n) is 1.57. The number of aliphatic hydroxyl groups excluding tert-OH is 1. The molecule has 0 radical (unpaired) electrons. The van der Waals surface area contributed by atoms with Crippen LogP contribution in [0.3, 0.4) is 0 Å². The molecule has 3 rings (SSSR count). The number of aromatic nitrogens is 4. The van der Waals surface area contributed by atoms with Crippen molar-refractivity contribution < 1.29 is 5.11 Å². The van der Waals surface area contributed by atoms with Gasteiger partial charge in [0.1, 0.15) is 11.8 Å². The zero-order valence-corrected chi connectivity index (χ0v) is 8.11. The van der Waals surface area contributed by atoms with Gasteiger partial charge in [-0.15, -0.1) is 0 Å². The van der Waals surface area contributed by atoms with E-state index in [4.69, 9.17) is 0 Å². The van der Waals surface area contributed by atoms with Crippen LogP contribution in [-0.4, -0.2) is 36.5 Å². The number of aliphatic hydroxyl groups is 1. The van der Waals surface area contributed by atoms with E-state index in [1.807, 2.05) is 4.57 Å². The lowest BCUT2D eigenvalue weighted by molar-refractivity contribution is 0.171. The average Bonchev–Trinajstić information content (AvgIpc) is 2.56. The van der Waals surface area contributed by atoms with Crippen molar-refractivity contribution in [2.45, 2.75) is 17.8 Å². The van der Waals surface area contributed by atoms with Gasteiger partial charge in [-0.1, -0.05) is 11.8 Å². The molecule has 2 aromatic rings. The van der Waals surface area contributed by atoms with Crippen LogP contribution in [0.2, 0.25) is 0 Å². The van der Waals surface area contributed by atoms with Crippen molar-refractivity contribution in [1.82, 2.24) is 19.5 Å². The van der Waals surface area contributed by atoms with Crippen LogP contribution >= 0.6 is 11.8 Å². The van der Waals surface area contributed by atoms with Crippen molar-refractivity contribution >= 4 is 22.9 Å². The van der Waals surface area contributed by atoms with Gasteiger partial charge in [-0.25, -0.2) is 15.0 Å². The molecule has 1 aliphatic heterocycles. The summed E-state index contributed by atoms with van der Waals surface area (Å²) in [5, 5.41) is 10.4. The summed E-state index contributed by atoms with van der Waals surface area (Å²) >= 11 is 1.56. The molecule has 1 atom stereocenters. The van der Waals surface area contributed by atoms with E-state index in [-0.39, 0.29) is 6.10 Å². The second-order valence-corrected chi connectivity index (χ2v) is 4.19. The molecular formula is C8H8N4OS. The van der Waals surface area contributed by atoms with Crippen molar-refractivity contribution in [3.63, 3.8) is 0 Å².